The van der Waals surface area contributed by atoms with Gasteiger partial charge in [-0.2, -0.15) is 5.10 Å². The van der Waals surface area contributed by atoms with Crippen LogP contribution in [-0.2, 0) is 13.1 Å². The summed E-state index contributed by atoms with van der Waals surface area (Å²) >= 11 is 0. The van der Waals surface area contributed by atoms with Gasteiger partial charge in [-0.3, -0.25) is 4.68 Å². The lowest BCUT2D eigenvalue weighted by Gasteiger charge is -2.05. The summed E-state index contributed by atoms with van der Waals surface area (Å²) in [6.07, 6.45) is 3.49. The zero-order valence-corrected chi connectivity index (χ0v) is 9.56. The Bertz CT molecular complexity index is 510. The molecule has 0 saturated carbocycles. The third-order valence-corrected chi connectivity index (χ3v) is 2.51. The first-order valence-electron chi connectivity index (χ1n) is 5.26. The van der Waals surface area contributed by atoms with Crippen molar-refractivity contribution in [2.24, 2.45) is 5.73 Å². The van der Waals surface area contributed by atoms with Crippen LogP contribution in [0.2, 0.25) is 0 Å². The van der Waals surface area contributed by atoms with Gasteiger partial charge in [0, 0.05) is 29.9 Å². The van der Waals surface area contributed by atoms with Gasteiger partial charge >= 0.3 is 0 Å². The van der Waals surface area contributed by atoms with Crippen molar-refractivity contribution in [2.45, 2.75) is 13.1 Å². The lowest BCUT2D eigenvalue weighted by atomic mass is 10.2. The number of methoxy groups -OCH3 is 1. The largest absolute Gasteiger partial charge is 0.497 e. The fraction of sp³-hybridized carbons (Fsp3) is 0.250. The third kappa shape index (κ3) is 2.62. The molecule has 2 aromatic rings. The molecule has 5 heteroatoms. The van der Waals surface area contributed by atoms with Gasteiger partial charge in [-0.05, 0) is 6.07 Å². The van der Waals surface area contributed by atoms with Gasteiger partial charge in [0.1, 0.15) is 11.6 Å². The molecule has 17 heavy (non-hydrogen) atoms. The average molecular weight is 235 g/mol. The number of hydrogen-bond donors (Lipinski definition) is 1. The maximum atomic E-state index is 13.7. The summed E-state index contributed by atoms with van der Waals surface area (Å²) in [6, 6.07) is 4.78. The second kappa shape index (κ2) is 4.97. The van der Waals surface area contributed by atoms with Gasteiger partial charge in [0.25, 0.3) is 0 Å². The van der Waals surface area contributed by atoms with Crippen molar-refractivity contribution < 1.29 is 9.13 Å². The molecule has 0 aliphatic heterocycles. The molecule has 2 N–H and O–H groups in total. The lowest BCUT2D eigenvalue weighted by Crippen LogP contribution is -2.03. The van der Waals surface area contributed by atoms with Crippen LogP contribution >= 0.6 is 0 Å². The monoisotopic (exact) mass is 235 g/mol. The summed E-state index contributed by atoms with van der Waals surface area (Å²) in [5.74, 6) is 0.212. The minimum Gasteiger partial charge on any atom is -0.497 e. The molecule has 4 nitrogen and oxygen atoms in total. The summed E-state index contributed by atoms with van der Waals surface area (Å²) in [4.78, 5) is 0. The molecule has 0 atom stereocenters. The fourth-order valence-corrected chi connectivity index (χ4v) is 1.56. The van der Waals surface area contributed by atoms with Crippen LogP contribution in [0.25, 0.3) is 0 Å². The first-order valence-corrected chi connectivity index (χ1v) is 5.26. The minimum absolute atomic E-state index is 0.297. The van der Waals surface area contributed by atoms with Gasteiger partial charge in [0.2, 0.25) is 0 Å². The van der Waals surface area contributed by atoms with Crippen LogP contribution in [0.1, 0.15) is 11.1 Å². The van der Waals surface area contributed by atoms with Crippen molar-refractivity contribution in [1.29, 1.82) is 0 Å². The third-order valence-electron chi connectivity index (χ3n) is 2.51. The van der Waals surface area contributed by atoms with Crippen LogP contribution in [0.5, 0.6) is 5.75 Å². The van der Waals surface area contributed by atoms with Crippen LogP contribution < -0.4 is 10.5 Å². The smallest absolute Gasteiger partial charge is 0.131 e. The van der Waals surface area contributed by atoms with Crippen LogP contribution in [0.3, 0.4) is 0 Å². The Balaban J connectivity index is 2.18. The summed E-state index contributed by atoms with van der Waals surface area (Å²) in [5, 5.41) is 4.10. The van der Waals surface area contributed by atoms with Gasteiger partial charge in [-0.25, -0.2) is 4.39 Å². The maximum absolute atomic E-state index is 13.7. The van der Waals surface area contributed by atoms with E-state index in [-0.39, 0.29) is 5.82 Å². The maximum Gasteiger partial charge on any atom is 0.131 e. The zero-order chi connectivity index (χ0) is 12.3. The lowest BCUT2D eigenvalue weighted by molar-refractivity contribution is 0.410. The number of rotatable bonds is 4. The van der Waals surface area contributed by atoms with E-state index in [9.17, 15) is 4.39 Å². The highest BCUT2D eigenvalue weighted by molar-refractivity contribution is 5.29. The van der Waals surface area contributed by atoms with Gasteiger partial charge in [-0.1, -0.05) is 6.07 Å². The zero-order valence-electron chi connectivity index (χ0n) is 9.56. The van der Waals surface area contributed by atoms with Crippen LogP contribution in [0, 0.1) is 5.82 Å². The summed E-state index contributed by atoms with van der Waals surface area (Å²) in [5.41, 5.74) is 6.98. The summed E-state index contributed by atoms with van der Waals surface area (Å²) < 4.78 is 20.3. The van der Waals surface area contributed by atoms with Gasteiger partial charge in [0.05, 0.1) is 19.9 Å². The highest BCUT2D eigenvalue weighted by Crippen LogP contribution is 2.17. The number of aromatic nitrogens is 2. The number of benzene rings is 1. The molecular weight excluding hydrogens is 221 g/mol. The van der Waals surface area contributed by atoms with E-state index in [4.69, 9.17) is 10.5 Å². The van der Waals surface area contributed by atoms with Crippen molar-refractivity contribution in [3.8, 4) is 5.75 Å². The van der Waals surface area contributed by atoms with Crippen molar-refractivity contribution >= 4 is 0 Å². The molecule has 1 aromatic heterocycles. The highest BCUT2D eigenvalue weighted by Gasteiger charge is 2.05. The molecule has 0 radical (unpaired) electrons. The number of hydrogen-bond acceptors (Lipinski definition) is 3. The fourth-order valence-electron chi connectivity index (χ4n) is 1.56. The van der Waals surface area contributed by atoms with Gasteiger partial charge in [-0.15, -0.1) is 0 Å². The van der Waals surface area contributed by atoms with Gasteiger partial charge < -0.3 is 10.5 Å². The quantitative estimate of drug-likeness (QED) is 0.874. The van der Waals surface area contributed by atoms with Crippen LogP contribution in [0.15, 0.2) is 30.6 Å². The Morgan fingerprint density at radius 1 is 1.47 bits per heavy atom. The number of ether oxygens (including phenoxy) is 1. The number of nitrogens with two attached hydrogens (primary N) is 1. The standard InChI is InChI=1S/C12H14FN3O/c1-17-11-3-2-10(12(13)4-11)8-16-7-9(5-14)6-15-16/h2-4,6-7H,5,8,14H2,1H3. The molecular formula is C12H14FN3O. The van der Waals surface area contributed by atoms with Crippen LogP contribution in [-0.4, -0.2) is 16.9 Å². The Labute approximate surface area is 98.8 Å². The van der Waals surface area contributed by atoms with Crippen LogP contribution in [0.4, 0.5) is 4.39 Å². The molecule has 0 spiro atoms. The van der Waals surface area contributed by atoms with Crippen molar-refractivity contribution in [2.75, 3.05) is 7.11 Å². The Morgan fingerprint density at radius 2 is 2.29 bits per heavy atom. The summed E-state index contributed by atoms with van der Waals surface area (Å²) in [6.45, 7) is 0.820. The van der Waals surface area contributed by atoms with Crippen molar-refractivity contribution in [3.63, 3.8) is 0 Å². The van der Waals surface area contributed by atoms with E-state index in [1.807, 2.05) is 6.20 Å². The molecule has 0 unspecified atom stereocenters. The molecule has 0 fully saturated rings. The van der Waals surface area contributed by atoms with E-state index in [1.54, 1.807) is 23.0 Å². The van der Waals surface area contributed by atoms with Gasteiger partial charge in [0.15, 0.2) is 0 Å². The Morgan fingerprint density at radius 3 is 2.88 bits per heavy atom. The molecule has 0 saturated heterocycles. The molecule has 2 rings (SSSR count). The van der Waals surface area contributed by atoms with E-state index >= 15 is 0 Å². The molecule has 0 bridgehead atoms. The summed E-state index contributed by atoms with van der Waals surface area (Å²) in [7, 11) is 1.51. The molecule has 0 aliphatic carbocycles. The minimum atomic E-state index is -0.297. The van der Waals surface area contributed by atoms with Crippen molar-refractivity contribution in [3.05, 3.63) is 47.5 Å². The van der Waals surface area contributed by atoms with E-state index in [1.165, 1.54) is 13.2 Å². The first kappa shape index (κ1) is 11.6. The second-order valence-corrected chi connectivity index (χ2v) is 3.71. The van der Waals surface area contributed by atoms with E-state index in [0.29, 0.717) is 24.4 Å². The predicted octanol–water partition coefficient (Wildman–Crippen LogP) is 1.54. The molecule has 0 aliphatic rings. The molecule has 0 amide bonds. The Hall–Kier alpha value is -1.88. The molecule has 1 heterocycles. The Kier molecular flexibility index (Phi) is 3.39. The predicted molar refractivity (Wildman–Crippen MR) is 62.2 cm³/mol. The van der Waals surface area contributed by atoms with Crippen molar-refractivity contribution in [1.82, 2.24) is 9.78 Å². The highest BCUT2D eigenvalue weighted by atomic mass is 19.1. The molecule has 1 aromatic carbocycles. The first-order chi connectivity index (χ1) is 8.22. The number of halogens is 1. The second-order valence-electron chi connectivity index (χ2n) is 3.71. The van der Waals surface area contributed by atoms with E-state index in [0.717, 1.165) is 5.56 Å². The average Bonchev–Trinajstić information content (AvgIpc) is 2.79. The topological polar surface area (TPSA) is 53.1 Å². The van der Waals surface area contributed by atoms with E-state index in [2.05, 4.69) is 5.10 Å². The van der Waals surface area contributed by atoms with E-state index < -0.39 is 0 Å². The molecule has 90 valence electrons. The number of nitrogens with zero attached hydrogens (tertiary/aromatic N) is 2. The SMILES string of the molecule is COc1ccc(Cn2cc(CN)cn2)c(F)c1. The normalized spacial score (nSPS) is 10.5.